The SMILES string of the molecule is CC(C)c1nsc(N(C)c2ccc(C(N)=NO)cc2)n1. The van der Waals surface area contributed by atoms with E-state index in [0.717, 1.165) is 16.6 Å². The number of hydrogen-bond acceptors (Lipinski definition) is 6. The number of rotatable bonds is 4. The highest BCUT2D eigenvalue weighted by Crippen LogP contribution is 2.27. The van der Waals surface area contributed by atoms with Crippen molar-refractivity contribution in [1.82, 2.24) is 9.36 Å². The van der Waals surface area contributed by atoms with Crippen molar-refractivity contribution in [3.8, 4) is 0 Å². The van der Waals surface area contributed by atoms with E-state index in [4.69, 9.17) is 10.9 Å². The zero-order valence-electron chi connectivity index (χ0n) is 11.6. The number of oxime groups is 1. The van der Waals surface area contributed by atoms with Crippen LogP contribution in [0.2, 0.25) is 0 Å². The molecule has 0 radical (unpaired) electrons. The summed E-state index contributed by atoms with van der Waals surface area (Å²) in [6.45, 7) is 4.13. The van der Waals surface area contributed by atoms with Gasteiger partial charge in [-0.2, -0.15) is 4.37 Å². The lowest BCUT2D eigenvalue weighted by Crippen LogP contribution is -2.14. The Labute approximate surface area is 121 Å². The Hall–Kier alpha value is -2.15. The van der Waals surface area contributed by atoms with Gasteiger partial charge in [0.2, 0.25) is 5.13 Å². The third-order valence-corrected chi connectivity index (χ3v) is 3.70. The maximum Gasteiger partial charge on any atom is 0.209 e. The molecule has 0 aliphatic heterocycles. The number of aromatic nitrogens is 2. The van der Waals surface area contributed by atoms with Gasteiger partial charge >= 0.3 is 0 Å². The molecule has 0 unspecified atom stereocenters. The highest BCUT2D eigenvalue weighted by atomic mass is 32.1. The van der Waals surface area contributed by atoms with E-state index < -0.39 is 0 Å². The van der Waals surface area contributed by atoms with Gasteiger partial charge in [-0.1, -0.05) is 19.0 Å². The van der Waals surface area contributed by atoms with Crippen LogP contribution in [0.4, 0.5) is 10.8 Å². The van der Waals surface area contributed by atoms with Crippen LogP contribution in [-0.4, -0.2) is 27.4 Å². The molecule has 0 atom stereocenters. The number of benzene rings is 1. The van der Waals surface area contributed by atoms with Crippen LogP contribution >= 0.6 is 11.5 Å². The van der Waals surface area contributed by atoms with E-state index in [0.29, 0.717) is 11.5 Å². The van der Waals surface area contributed by atoms with Crippen molar-refractivity contribution in [3.05, 3.63) is 35.7 Å². The van der Waals surface area contributed by atoms with Gasteiger partial charge in [-0.05, 0) is 24.3 Å². The Morgan fingerprint density at radius 1 is 1.35 bits per heavy atom. The van der Waals surface area contributed by atoms with Crippen molar-refractivity contribution in [3.63, 3.8) is 0 Å². The fourth-order valence-corrected chi connectivity index (χ4v) is 2.41. The summed E-state index contributed by atoms with van der Waals surface area (Å²) in [5.74, 6) is 1.26. The van der Waals surface area contributed by atoms with Gasteiger partial charge in [0.25, 0.3) is 0 Å². The first kappa shape index (κ1) is 14.3. The third-order valence-electron chi connectivity index (χ3n) is 2.89. The van der Waals surface area contributed by atoms with E-state index in [2.05, 4.69) is 28.4 Å². The van der Waals surface area contributed by atoms with Gasteiger partial charge in [-0.3, -0.25) is 0 Å². The standard InChI is InChI=1S/C13H17N5OS/c1-8(2)12-15-13(20-17-12)18(3)10-6-4-9(5-7-10)11(14)16-19/h4-8,19H,1-3H3,(H2,14,16). The first-order valence-electron chi connectivity index (χ1n) is 6.18. The molecule has 0 aliphatic carbocycles. The maximum absolute atomic E-state index is 8.64. The summed E-state index contributed by atoms with van der Waals surface area (Å²) in [4.78, 5) is 6.46. The van der Waals surface area contributed by atoms with E-state index >= 15 is 0 Å². The van der Waals surface area contributed by atoms with Crippen LogP contribution in [0.1, 0.15) is 31.2 Å². The molecule has 1 heterocycles. The van der Waals surface area contributed by atoms with Crippen LogP contribution in [0, 0.1) is 0 Å². The summed E-state index contributed by atoms with van der Waals surface area (Å²) in [7, 11) is 1.93. The van der Waals surface area contributed by atoms with E-state index in [1.54, 1.807) is 12.1 Å². The topological polar surface area (TPSA) is 87.6 Å². The quantitative estimate of drug-likeness (QED) is 0.391. The molecule has 106 valence electrons. The van der Waals surface area contributed by atoms with Crippen molar-refractivity contribution in [2.75, 3.05) is 11.9 Å². The summed E-state index contributed by atoms with van der Waals surface area (Å²) in [6.07, 6.45) is 0. The predicted molar refractivity (Wildman–Crippen MR) is 81.0 cm³/mol. The molecule has 3 N–H and O–H groups in total. The lowest BCUT2D eigenvalue weighted by Gasteiger charge is -2.15. The van der Waals surface area contributed by atoms with Crippen LogP contribution in [0.3, 0.4) is 0 Å². The molecule has 2 aromatic rings. The van der Waals surface area contributed by atoms with Crippen LogP contribution in [0.25, 0.3) is 0 Å². The first-order chi connectivity index (χ1) is 9.52. The smallest absolute Gasteiger partial charge is 0.209 e. The minimum atomic E-state index is 0.0946. The molecule has 0 fully saturated rings. The summed E-state index contributed by atoms with van der Waals surface area (Å²) in [6, 6.07) is 7.38. The summed E-state index contributed by atoms with van der Waals surface area (Å²) in [5, 5.41) is 12.4. The number of anilines is 2. The summed E-state index contributed by atoms with van der Waals surface area (Å²) in [5.41, 5.74) is 7.17. The van der Waals surface area contributed by atoms with Crippen molar-refractivity contribution in [2.45, 2.75) is 19.8 Å². The van der Waals surface area contributed by atoms with Crippen molar-refractivity contribution < 1.29 is 5.21 Å². The van der Waals surface area contributed by atoms with Crippen LogP contribution in [-0.2, 0) is 0 Å². The average Bonchev–Trinajstić information content (AvgIpc) is 2.96. The van der Waals surface area contributed by atoms with Crippen LogP contribution < -0.4 is 10.6 Å². The molecule has 1 aromatic carbocycles. The Morgan fingerprint density at radius 2 is 2.00 bits per heavy atom. The monoisotopic (exact) mass is 291 g/mol. The van der Waals surface area contributed by atoms with Crippen molar-refractivity contribution in [2.24, 2.45) is 10.9 Å². The molecule has 0 aliphatic rings. The highest BCUT2D eigenvalue weighted by molar-refractivity contribution is 7.09. The molecular weight excluding hydrogens is 274 g/mol. The van der Waals surface area contributed by atoms with Crippen LogP contribution in [0.5, 0.6) is 0 Å². The number of amidine groups is 1. The lowest BCUT2D eigenvalue weighted by molar-refractivity contribution is 0.318. The highest BCUT2D eigenvalue weighted by Gasteiger charge is 2.12. The van der Waals surface area contributed by atoms with Gasteiger partial charge < -0.3 is 15.8 Å². The molecule has 0 spiro atoms. The second kappa shape index (κ2) is 5.87. The van der Waals surface area contributed by atoms with E-state index in [-0.39, 0.29) is 5.84 Å². The lowest BCUT2D eigenvalue weighted by atomic mass is 10.2. The molecule has 7 heteroatoms. The second-order valence-electron chi connectivity index (χ2n) is 4.68. The second-order valence-corrected chi connectivity index (χ2v) is 5.41. The molecule has 0 bridgehead atoms. The van der Waals surface area contributed by atoms with Crippen molar-refractivity contribution >= 4 is 28.2 Å². The molecule has 1 aromatic heterocycles. The Morgan fingerprint density at radius 3 is 2.50 bits per heavy atom. The van der Waals surface area contributed by atoms with Gasteiger partial charge in [0.05, 0.1) is 0 Å². The predicted octanol–water partition coefficient (Wildman–Crippen LogP) is 2.52. The minimum absolute atomic E-state index is 0.0946. The zero-order valence-corrected chi connectivity index (χ0v) is 12.4. The van der Waals surface area contributed by atoms with Gasteiger partial charge in [-0.25, -0.2) is 4.98 Å². The molecule has 0 saturated heterocycles. The molecule has 0 amide bonds. The average molecular weight is 291 g/mol. The van der Waals surface area contributed by atoms with Gasteiger partial charge in [0.15, 0.2) is 5.84 Å². The Bertz CT molecular complexity index is 605. The van der Waals surface area contributed by atoms with Crippen molar-refractivity contribution in [1.29, 1.82) is 0 Å². The fourth-order valence-electron chi connectivity index (χ4n) is 1.62. The molecule has 2 rings (SSSR count). The first-order valence-corrected chi connectivity index (χ1v) is 6.95. The number of nitrogens with zero attached hydrogens (tertiary/aromatic N) is 4. The molecular formula is C13H17N5OS. The normalized spacial score (nSPS) is 11.9. The summed E-state index contributed by atoms with van der Waals surface area (Å²) >= 11 is 1.37. The molecule has 0 saturated carbocycles. The number of hydrogen-bond donors (Lipinski definition) is 2. The zero-order chi connectivity index (χ0) is 14.7. The van der Waals surface area contributed by atoms with E-state index in [1.807, 2.05) is 24.1 Å². The van der Waals surface area contributed by atoms with Gasteiger partial charge in [-0.15, -0.1) is 0 Å². The third kappa shape index (κ3) is 2.88. The van der Waals surface area contributed by atoms with E-state index in [9.17, 15) is 0 Å². The Kier molecular flexibility index (Phi) is 4.19. The molecule has 6 nitrogen and oxygen atoms in total. The fraction of sp³-hybridized carbons (Fsp3) is 0.308. The summed E-state index contributed by atoms with van der Waals surface area (Å²) < 4.78 is 4.34. The Balaban J connectivity index is 2.22. The largest absolute Gasteiger partial charge is 0.409 e. The van der Waals surface area contributed by atoms with E-state index in [1.165, 1.54) is 11.5 Å². The van der Waals surface area contributed by atoms with Gasteiger partial charge in [0, 0.05) is 35.7 Å². The maximum atomic E-state index is 8.64. The molecule has 20 heavy (non-hydrogen) atoms. The van der Waals surface area contributed by atoms with Gasteiger partial charge in [0.1, 0.15) is 5.82 Å². The number of nitrogens with two attached hydrogens (primary N) is 1. The minimum Gasteiger partial charge on any atom is -0.409 e. The van der Waals surface area contributed by atoms with Crippen LogP contribution in [0.15, 0.2) is 29.4 Å².